The lowest BCUT2D eigenvalue weighted by Crippen LogP contribution is -2.12. The largest absolute Gasteiger partial charge is 0.456 e. The van der Waals surface area contributed by atoms with Gasteiger partial charge >= 0.3 is 0 Å². The lowest BCUT2D eigenvalue weighted by molar-refractivity contribution is 0.493. The fourth-order valence-electron chi connectivity index (χ4n) is 11.3. The third-order valence-electron chi connectivity index (χ3n) is 14.3. The molecule has 0 amide bonds. The molecule has 0 fully saturated rings. The highest BCUT2D eigenvalue weighted by Gasteiger charge is 2.28. The van der Waals surface area contributed by atoms with Crippen LogP contribution in [0.3, 0.4) is 0 Å². The van der Waals surface area contributed by atoms with Crippen molar-refractivity contribution in [3.8, 4) is 33.8 Å². The minimum atomic E-state index is 0.857. The lowest BCUT2D eigenvalue weighted by Gasteiger charge is -2.30. The van der Waals surface area contributed by atoms with E-state index < -0.39 is 0 Å². The predicted octanol–water partition coefficient (Wildman–Crippen LogP) is 20.3. The van der Waals surface area contributed by atoms with E-state index in [9.17, 15) is 0 Å². The van der Waals surface area contributed by atoms with Crippen LogP contribution in [0.25, 0.3) is 94.9 Å². The smallest absolute Gasteiger partial charge is 0.138 e. The van der Waals surface area contributed by atoms with Crippen molar-refractivity contribution >= 4 is 129 Å². The van der Waals surface area contributed by atoms with Crippen LogP contribution in [0.15, 0.2) is 243 Å². The molecule has 5 heteroatoms. The summed E-state index contributed by atoms with van der Waals surface area (Å²) in [6, 6.07) is 88.3. The Hall–Kier alpha value is -8.74. The third-order valence-corrected chi connectivity index (χ3v) is 16.9. The summed E-state index contributed by atoms with van der Waals surface area (Å²) in [5.41, 5.74) is 11.6. The second-order valence-electron chi connectivity index (χ2n) is 18.3. The molecule has 12 aromatic carbocycles. The Morgan fingerprint density at radius 3 is 1.32 bits per heavy atom. The maximum absolute atomic E-state index is 7.22. The van der Waals surface area contributed by atoms with E-state index in [1.807, 2.05) is 22.7 Å². The number of hydrogen-bond acceptors (Lipinski definition) is 5. The van der Waals surface area contributed by atoms with Crippen molar-refractivity contribution in [2.24, 2.45) is 0 Å². The van der Waals surface area contributed by atoms with Crippen molar-refractivity contribution in [3.05, 3.63) is 243 Å². The van der Waals surface area contributed by atoms with E-state index in [-0.39, 0.29) is 0 Å². The highest BCUT2D eigenvalue weighted by Crippen LogP contribution is 2.55. The van der Waals surface area contributed by atoms with Crippen LogP contribution in [0.5, 0.6) is 11.5 Å². The minimum absolute atomic E-state index is 0.857. The van der Waals surface area contributed by atoms with E-state index in [4.69, 9.17) is 4.74 Å². The van der Waals surface area contributed by atoms with Gasteiger partial charge in [0, 0.05) is 69.9 Å². The zero-order valence-electron chi connectivity index (χ0n) is 38.2. The molecule has 15 rings (SSSR count). The highest BCUT2D eigenvalue weighted by atomic mass is 32.1. The van der Waals surface area contributed by atoms with Crippen LogP contribution in [0, 0.1) is 0 Å². The maximum atomic E-state index is 7.22. The number of para-hydroxylation sites is 2. The summed E-state index contributed by atoms with van der Waals surface area (Å²) in [4.78, 5) is 4.88. The second kappa shape index (κ2) is 15.9. The van der Waals surface area contributed by atoms with Gasteiger partial charge in [0.15, 0.2) is 0 Å². The molecule has 1 aliphatic heterocycles. The molecule has 3 nitrogen and oxygen atoms in total. The van der Waals surface area contributed by atoms with Gasteiger partial charge in [0.1, 0.15) is 11.5 Å². The Kier molecular flexibility index (Phi) is 9.00. The van der Waals surface area contributed by atoms with Crippen molar-refractivity contribution in [1.29, 1.82) is 0 Å². The third kappa shape index (κ3) is 6.20. The van der Waals surface area contributed by atoms with Crippen LogP contribution in [-0.4, -0.2) is 0 Å². The summed E-state index contributed by atoms with van der Waals surface area (Å²) in [6.45, 7) is 0. The molecule has 3 heterocycles. The Labute approximate surface area is 417 Å². The van der Waals surface area contributed by atoms with Gasteiger partial charge in [0.05, 0.1) is 32.1 Å². The van der Waals surface area contributed by atoms with Gasteiger partial charge in [-0.15, -0.1) is 22.7 Å². The first kappa shape index (κ1) is 40.2. The molecule has 0 atom stereocenters. The van der Waals surface area contributed by atoms with Gasteiger partial charge in [-0.2, -0.15) is 0 Å². The van der Waals surface area contributed by atoms with Gasteiger partial charge < -0.3 is 14.5 Å². The van der Waals surface area contributed by atoms with E-state index in [1.54, 1.807) is 0 Å². The molecule has 14 aromatic rings. The summed E-state index contributed by atoms with van der Waals surface area (Å²) >= 11 is 3.76. The molecular formula is C66H40N2OS2. The number of benzene rings is 12. The number of hydrogen-bond donors (Lipinski definition) is 0. The first-order valence-electron chi connectivity index (χ1n) is 24.1. The van der Waals surface area contributed by atoms with Crippen LogP contribution in [0.4, 0.5) is 34.1 Å². The molecule has 0 radical (unpaired) electrons. The quantitative estimate of drug-likeness (QED) is 0.141. The number of anilines is 6. The van der Waals surface area contributed by atoms with Gasteiger partial charge in [0.2, 0.25) is 0 Å². The van der Waals surface area contributed by atoms with E-state index in [0.29, 0.717) is 0 Å². The maximum Gasteiger partial charge on any atom is 0.138 e. The first-order valence-corrected chi connectivity index (χ1v) is 25.7. The fourth-order valence-corrected chi connectivity index (χ4v) is 14.0. The van der Waals surface area contributed by atoms with E-state index in [2.05, 4.69) is 252 Å². The molecule has 0 saturated carbocycles. The highest BCUT2D eigenvalue weighted by molar-refractivity contribution is 7.27. The molecule has 0 bridgehead atoms. The van der Waals surface area contributed by atoms with Crippen molar-refractivity contribution < 1.29 is 4.74 Å². The number of ether oxygens (including phenoxy) is 1. The topological polar surface area (TPSA) is 15.7 Å². The Bertz CT molecular complexity index is 4430. The summed E-state index contributed by atoms with van der Waals surface area (Å²) in [5.74, 6) is 1.72. The monoisotopic (exact) mass is 940 g/mol. The SMILES string of the molecule is c1ccc(-c2cccc3c2sc2c(N(c4ccccc4)c4cc5c6c(ccc7cc(N(c8ccccc8)c8cccc9c8sc8c(-c%10ccccc%10)cccc89)c8cccc(c8c76)O5)c4)cccc23)cc1. The zero-order valence-corrected chi connectivity index (χ0v) is 39.8. The summed E-state index contributed by atoms with van der Waals surface area (Å²) < 4.78 is 12.3. The Morgan fingerprint density at radius 1 is 0.282 bits per heavy atom. The van der Waals surface area contributed by atoms with Crippen LogP contribution in [0.2, 0.25) is 0 Å². The van der Waals surface area contributed by atoms with Gasteiger partial charge in [-0.3, -0.25) is 0 Å². The van der Waals surface area contributed by atoms with Crippen LogP contribution >= 0.6 is 22.7 Å². The van der Waals surface area contributed by atoms with Crippen LogP contribution in [0.1, 0.15) is 0 Å². The van der Waals surface area contributed by atoms with Gasteiger partial charge in [-0.05, 0) is 87.6 Å². The van der Waals surface area contributed by atoms with Gasteiger partial charge in [0.25, 0.3) is 0 Å². The fraction of sp³-hybridized carbons (Fsp3) is 0. The van der Waals surface area contributed by atoms with Crippen molar-refractivity contribution in [2.45, 2.75) is 0 Å². The molecule has 332 valence electrons. The normalized spacial score (nSPS) is 12.1. The average Bonchev–Trinajstić information content (AvgIpc) is 4.02. The predicted molar refractivity (Wildman–Crippen MR) is 305 cm³/mol. The number of rotatable bonds is 8. The van der Waals surface area contributed by atoms with E-state index in [0.717, 1.165) is 67.2 Å². The minimum Gasteiger partial charge on any atom is -0.456 e. The number of fused-ring (bicyclic) bond motifs is 6. The standard InChI is InChI=1S/C66H40N2OS2/c1-5-18-41(19-6-1)48-26-13-28-50-52-30-15-33-55(65(52)70-63(48)50)67(45-22-9-3-10-23-45)47-38-43-36-37-44-39-57(54-32-17-35-58-62(54)61(44)60(43)59(40-47)69-58)68(46-24-11-4-12-25-46)56-34-16-31-53-51-29-14-27-49(64(51)71-66(53)56)42-20-7-2-8-21-42/h1-40H. The number of thiophene rings is 2. The molecule has 0 saturated heterocycles. The molecule has 0 N–H and O–H groups in total. The van der Waals surface area contributed by atoms with Crippen molar-refractivity contribution in [3.63, 3.8) is 0 Å². The van der Waals surface area contributed by atoms with Crippen LogP contribution < -0.4 is 14.5 Å². The van der Waals surface area contributed by atoms with Crippen LogP contribution in [-0.2, 0) is 0 Å². The van der Waals surface area contributed by atoms with Crippen molar-refractivity contribution in [1.82, 2.24) is 0 Å². The summed E-state index contributed by atoms with van der Waals surface area (Å²) in [7, 11) is 0. The second-order valence-corrected chi connectivity index (χ2v) is 20.4. The molecule has 2 aromatic heterocycles. The molecular weight excluding hydrogens is 901 g/mol. The summed E-state index contributed by atoms with van der Waals surface area (Å²) in [5, 5.41) is 12.0. The van der Waals surface area contributed by atoms with Gasteiger partial charge in [-0.25, -0.2) is 0 Å². The lowest BCUT2D eigenvalue weighted by atomic mass is 9.91. The molecule has 71 heavy (non-hydrogen) atoms. The molecule has 0 unspecified atom stereocenters. The Morgan fingerprint density at radius 2 is 0.746 bits per heavy atom. The average molecular weight is 941 g/mol. The molecule has 0 spiro atoms. The molecule has 0 aliphatic carbocycles. The number of nitrogens with zero attached hydrogens (tertiary/aromatic N) is 2. The van der Waals surface area contributed by atoms with Gasteiger partial charge in [-0.1, -0.05) is 182 Å². The molecule has 1 aliphatic rings. The first-order chi connectivity index (χ1) is 35.2. The van der Waals surface area contributed by atoms with E-state index in [1.165, 1.54) is 73.4 Å². The summed E-state index contributed by atoms with van der Waals surface area (Å²) in [6.07, 6.45) is 0. The zero-order chi connectivity index (χ0) is 46.6. The van der Waals surface area contributed by atoms with Crippen molar-refractivity contribution in [2.75, 3.05) is 9.80 Å². The Balaban J connectivity index is 0.935. The van der Waals surface area contributed by atoms with E-state index >= 15 is 0 Å².